The third-order valence-electron chi connectivity index (χ3n) is 4.84. The number of hydrogen-bond donors (Lipinski definition) is 2. The molecule has 0 spiro atoms. The minimum Gasteiger partial charge on any atom is -0.508 e. The monoisotopic (exact) mass is 337 g/mol. The Hall–Kier alpha value is -2.58. The Morgan fingerprint density at radius 3 is 2.80 bits per heavy atom. The number of nitrogens with zero attached hydrogens (tertiary/aromatic N) is 2. The van der Waals surface area contributed by atoms with Gasteiger partial charge in [0.05, 0.1) is 5.60 Å². The number of benzene rings is 1. The first-order chi connectivity index (χ1) is 11.8. The summed E-state index contributed by atoms with van der Waals surface area (Å²) < 4.78 is 5.82. The summed E-state index contributed by atoms with van der Waals surface area (Å²) in [6.07, 6.45) is 1.73. The van der Waals surface area contributed by atoms with E-state index in [-0.39, 0.29) is 23.1 Å². The number of nitriles is 1. The van der Waals surface area contributed by atoms with Crippen LogP contribution in [0.15, 0.2) is 24.3 Å². The number of ether oxygens (including phenoxy) is 1. The Morgan fingerprint density at radius 1 is 1.40 bits per heavy atom. The van der Waals surface area contributed by atoms with Gasteiger partial charge in [-0.25, -0.2) is 4.98 Å². The number of aromatic hydroxyl groups is 1. The zero-order valence-corrected chi connectivity index (χ0v) is 14.8. The number of aromatic nitrogens is 1. The highest BCUT2D eigenvalue weighted by Gasteiger charge is 2.32. The summed E-state index contributed by atoms with van der Waals surface area (Å²) in [6, 6.07) is 9.07. The van der Waals surface area contributed by atoms with Gasteiger partial charge in [-0.15, -0.1) is 0 Å². The third kappa shape index (κ3) is 3.31. The van der Waals surface area contributed by atoms with E-state index in [1.807, 2.05) is 13.0 Å². The van der Waals surface area contributed by atoms with Gasteiger partial charge in [0.25, 0.3) is 0 Å². The third-order valence-corrected chi connectivity index (χ3v) is 4.84. The van der Waals surface area contributed by atoms with Crippen LogP contribution in [-0.2, 0) is 4.74 Å². The van der Waals surface area contributed by atoms with Gasteiger partial charge >= 0.3 is 0 Å². The van der Waals surface area contributed by atoms with Gasteiger partial charge in [0.2, 0.25) is 0 Å². The maximum Gasteiger partial charge on any atom is 0.142 e. The van der Waals surface area contributed by atoms with E-state index in [9.17, 15) is 10.4 Å². The fraction of sp³-hybridized carbons (Fsp3) is 0.400. The second-order valence-corrected chi connectivity index (χ2v) is 7.22. The molecule has 0 saturated carbocycles. The Labute approximate surface area is 148 Å². The van der Waals surface area contributed by atoms with Crippen molar-refractivity contribution in [3.8, 4) is 22.9 Å². The van der Waals surface area contributed by atoms with E-state index >= 15 is 0 Å². The standard InChI is InChI=1S/C20H23N3O2/c1-12-17(13-5-4-6-15(24)9-13)16(11-21)19(22)23-18(12)14-7-8-25-20(2,3)10-14/h4-6,9,14,24H,7-8,10H2,1-3H3,(H2,22,23)/t14-/m1/s1. The molecule has 2 heterocycles. The number of nitrogens with two attached hydrogens (primary N) is 1. The summed E-state index contributed by atoms with van der Waals surface area (Å²) in [5, 5.41) is 19.4. The molecule has 0 bridgehead atoms. The molecule has 25 heavy (non-hydrogen) atoms. The minimum atomic E-state index is -0.203. The molecule has 0 amide bonds. The maximum absolute atomic E-state index is 9.84. The summed E-state index contributed by atoms with van der Waals surface area (Å²) >= 11 is 0. The summed E-state index contributed by atoms with van der Waals surface area (Å²) in [7, 11) is 0. The predicted molar refractivity (Wildman–Crippen MR) is 97.2 cm³/mol. The summed E-state index contributed by atoms with van der Waals surface area (Å²) in [5.74, 6) is 0.630. The number of rotatable bonds is 2. The molecule has 5 nitrogen and oxygen atoms in total. The van der Waals surface area contributed by atoms with Gasteiger partial charge < -0.3 is 15.6 Å². The number of pyridine rings is 1. The smallest absolute Gasteiger partial charge is 0.142 e. The molecular weight excluding hydrogens is 314 g/mol. The van der Waals surface area contributed by atoms with E-state index in [4.69, 9.17) is 10.5 Å². The van der Waals surface area contributed by atoms with E-state index in [1.54, 1.807) is 18.2 Å². The van der Waals surface area contributed by atoms with Crippen LogP contribution >= 0.6 is 0 Å². The number of nitrogen functional groups attached to an aromatic ring is 1. The van der Waals surface area contributed by atoms with Gasteiger partial charge in [-0.05, 0) is 56.9 Å². The van der Waals surface area contributed by atoms with E-state index in [1.165, 1.54) is 0 Å². The van der Waals surface area contributed by atoms with Gasteiger partial charge in [0.1, 0.15) is 23.2 Å². The largest absolute Gasteiger partial charge is 0.508 e. The fourth-order valence-corrected chi connectivity index (χ4v) is 3.71. The average molecular weight is 337 g/mol. The lowest BCUT2D eigenvalue weighted by Gasteiger charge is -2.36. The van der Waals surface area contributed by atoms with Gasteiger partial charge in [0.15, 0.2) is 0 Å². The van der Waals surface area contributed by atoms with Gasteiger partial charge in [-0.1, -0.05) is 12.1 Å². The molecule has 130 valence electrons. The van der Waals surface area contributed by atoms with Crippen LogP contribution in [0.1, 0.15) is 49.4 Å². The Bertz CT molecular complexity index is 853. The van der Waals surface area contributed by atoms with Crippen LogP contribution in [0.2, 0.25) is 0 Å². The first-order valence-corrected chi connectivity index (χ1v) is 8.46. The number of anilines is 1. The van der Waals surface area contributed by atoms with Crippen LogP contribution in [-0.4, -0.2) is 22.3 Å². The number of phenols is 1. The average Bonchev–Trinajstić information content (AvgIpc) is 2.55. The Morgan fingerprint density at radius 2 is 2.16 bits per heavy atom. The number of hydrogen-bond acceptors (Lipinski definition) is 5. The van der Waals surface area contributed by atoms with Crippen LogP contribution in [0.25, 0.3) is 11.1 Å². The quantitative estimate of drug-likeness (QED) is 0.867. The molecule has 2 aromatic rings. The van der Waals surface area contributed by atoms with E-state index in [0.717, 1.165) is 35.2 Å². The molecule has 1 fully saturated rings. The zero-order valence-electron chi connectivity index (χ0n) is 14.8. The highest BCUT2D eigenvalue weighted by molar-refractivity contribution is 5.79. The van der Waals surface area contributed by atoms with Crippen molar-refractivity contribution in [2.75, 3.05) is 12.3 Å². The van der Waals surface area contributed by atoms with Crippen LogP contribution < -0.4 is 5.73 Å². The van der Waals surface area contributed by atoms with Crippen molar-refractivity contribution < 1.29 is 9.84 Å². The summed E-state index contributed by atoms with van der Waals surface area (Å²) in [6.45, 7) is 6.82. The first-order valence-electron chi connectivity index (χ1n) is 8.46. The maximum atomic E-state index is 9.84. The predicted octanol–water partition coefficient (Wildman–Crippen LogP) is 3.89. The fourth-order valence-electron chi connectivity index (χ4n) is 3.71. The lowest BCUT2D eigenvalue weighted by molar-refractivity contribution is -0.0598. The van der Waals surface area contributed by atoms with Gasteiger partial charge in [0, 0.05) is 23.8 Å². The normalized spacial score (nSPS) is 19.4. The van der Waals surface area contributed by atoms with Crippen LogP contribution in [0.5, 0.6) is 5.75 Å². The van der Waals surface area contributed by atoms with Crippen LogP contribution in [0.3, 0.4) is 0 Å². The van der Waals surface area contributed by atoms with E-state index in [0.29, 0.717) is 12.2 Å². The molecule has 5 heteroatoms. The first kappa shape index (κ1) is 17.2. The van der Waals surface area contributed by atoms with Gasteiger partial charge in [-0.2, -0.15) is 5.26 Å². The molecule has 0 unspecified atom stereocenters. The molecule has 1 aliphatic heterocycles. The lowest BCUT2D eigenvalue weighted by Crippen LogP contribution is -2.33. The molecule has 3 rings (SSSR count). The van der Waals surface area contributed by atoms with Crippen molar-refractivity contribution in [1.82, 2.24) is 4.98 Å². The highest BCUT2D eigenvalue weighted by atomic mass is 16.5. The van der Waals surface area contributed by atoms with Crippen LogP contribution in [0.4, 0.5) is 5.82 Å². The van der Waals surface area contributed by atoms with Crippen molar-refractivity contribution in [3.05, 3.63) is 41.1 Å². The topological polar surface area (TPSA) is 92.2 Å². The molecule has 1 saturated heterocycles. The van der Waals surface area contributed by atoms with Gasteiger partial charge in [-0.3, -0.25) is 0 Å². The highest BCUT2D eigenvalue weighted by Crippen LogP contribution is 2.40. The summed E-state index contributed by atoms with van der Waals surface area (Å²) in [4.78, 5) is 4.58. The molecule has 0 aliphatic carbocycles. The lowest BCUT2D eigenvalue weighted by atomic mass is 9.82. The van der Waals surface area contributed by atoms with Crippen molar-refractivity contribution in [2.24, 2.45) is 0 Å². The zero-order chi connectivity index (χ0) is 18.2. The number of phenolic OH excluding ortho intramolecular Hbond substituents is 1. The Kier molecular flexibility index (Phi) is 4.40. The SMILES string of the molecule is Cc1c([C@@H]2CCOC(C)(C)C2)nc(N)c(C#N)c1-c1cccc(O)c1. The van der Waals surface area contributed by atoms with E-state index in [2.05, 4.69) is 24.9 Å². The van der Waals surface area contributed by atoms with Crippen molar-refractivity contribution >= 4 is 5.82 Å². The molecular formula is C20H23N3O2. The van der Waals surface area contributed by atoms with Crippen molar-refractivity contribution in [1.29, 1.82) is 5.26 Å². The summed E-state index contributed by atoms with van der Waals surface area (Å²) in [5.41, 5.74) is 9.67. The second-order valence-electron chi connectivity index (χ2n) is 7.22. The molecule has 1 aliphatic rings. The van der Waals surface area contributed by atoms with E-state index < -0.39 is 0 Å². The van der Waals surface area contributed by atoms with Crippen molar-refractivity contribution in [3.63, 3.8) is 0 Å². The molecule has 1 atom stereocenters. The van der Waals surface area contributed by atoms with Crippen molar-refractivity contribution in [2.45, 2.75) is 45.1 Å². The second kappa shape index (κ2) is 6.38. The van der Waals surface area contributed by atoms with Crippen LogP contribution in [0, 0.1) is 18.3 Å². The molecule has 3 N–H and O–H groups in total. The minimum absolute atomic E-state index is 0.157. The Balaban J connectivity index is 2.18. The molecule has 0 radical (unpaired) electrons. The molecule has 1 aromatic carbocycles. The molecule has 1 aromatic heterocycles.